The van der Waals surface area contributed by atoms with Gasteiger partial charge in [-0.2, -0.15) is 0 Å². The van der Waals surface area contributed by atoms with Crippen molar-refractivity contribution in [2.24, 2.45) is 0 Å². The first-order valence-electron chi connectivity index (χ1n) is 18.3. The van der Waals surface area contributed by atoms with Crippen molar-refractivity contribution in [2.75, 3.05) is 19.2 Å². The Morgan fingerprint density at radius 1 is 0.660 bits per heavy atom. The summed E-state index contributed by atoms with van der Waals surface area (Å²) in [5.74, 6) is 1.11. The Labute approximate surface area is 313 Å². The molecule has 1 N–H and O–H groups in total. The second-order valence-electron chi connectivity index (χ2n) is 14.4. The maximum atomic E-state index is 7.48. The predicted octanol–water partition coefficient (Wildman–Crippen LogP) is 8.71. The maximum absolute atomic E-state index is 7.48. The van der Waals surface area contributed by atoms with Gasteiger partial charge in [0.15, 0.2) is 22.8 Å². The van der Waals surface area contributed by atoms with Crippen molar-refractivity contribution in [3.8, 4) is 0 Å². The molecule has 0 aliphatic heterocycles. The first-order chi connectivity index (χ1) is 25.8. The Kier molecular flexibility index (Phi) is 10.4. The number of nitrogens with one attached hydrogen (secondary N) is 1. The van der Waals surface area contributed by atoms with Crippen LogP contribution in [0.1, 0.15) is 62.7 Å². The first kappa shape index (κ1) is 36.0. The van der Waals surface area contributed by atoms with E-state index in [1.165, 1.54) is 10.4 Å². The van der Waals surface area contributed by atoms with Crippen LogP contribution in [0.3, 0.4) is 0 Å². The molecule has 2 heterocycles. The van der Waals surface area contributed by atoms with Crippen LogP contribution in [0.25, 0.3) is 11.2 Å². The summed E-state index contributed by atoms with van der Waals surface area (Å²) >= 11 is 0. The lowest BCUT2D eigenvalue weighted by molar-refractivity contribution is 0.234. The summed E-state index contributed by atoms with van der Waals surface area (Å²) in [4.78, 5) is 21.2. The summed E-state index contributed by atoms with van der Waals surface area (Å²) in [7, 11) is -1.21. The lowest BCUT2D eigenvalue weighted by atomic mass is 9.68. The average molecular weight is 718 g/mol. The van der Waals surface area contributed by atoms with Crippen molar-refractivity contribution < 1.29 is 9.26 Å². The number of nitrogens with zero attached hydrogens (tertiary/aromatic N) is 4. The molecule has 0 radical (unpaired) electrons. The highest BCUT2D eigenvalue weighted by atomic mass is 28.4. The zero-order valence-corrected chi connectivity index (χ0v) is 32.1. The number of hydrogen-bond donors (Lipinski definition) is 1. The second-order valence-corrected chi connectivity index (χ2v) is 18.7. The van der Waals surface area contributed by atoms with Gasteiger partial charge in [0.2, 0.25) is 0 Å². The zero-order chi connectivity index (χ0) is 36.9. The van der Waals surface area contributed by atoms with Crippen molar-refractivity contribution >= 4 is 35.7 Å². The van der Waals surface area contributed by atoms with E-state index < -0.39 is 13.7 Å². The highest BCUT2D eigenvalue weighted by Gasteiger charge is 2.50. The van der Waals surface area contributed by atoms with Gasteiger partial charge in [-0.05, 0) is 38.5 Å². The van der Waals surface area contributed by atoms with E-state index in [1.807, 2.05) is 24.5 Å². The van der Waals surface area contributed by atoms with E-state index in [1.54, 1.807) is 7.11 Å². The van der Waals surface area contributed by atoms with Crippen LogP contribution in [0.4, 0.5) is 5.82 Å². The van der Waals surface area contributed by atoms with Crippen LogP contribution in [0, 0.1) is 0 Å². The fourth-order valence-electron chi connectivity index (χ4n) is 7.85. The minimum Gasteiger partial charge on any atom is -0.405 e. The summed E-state index contributed by atoms with van der Waals surface area (Å²) in [6.45, 7) is 9.61. The molecule has 0 aliphatic rings. The van der Waals surface area contributed by atoms with E-state index in [-0.39, 0.29) is 11.1 Å². The molecule has 53 heavy (non-hydrogen) atoms. The molecule has 7 aromatic rings. The number of aromatic nitrogens is 4. The molecule has 0 fully saturated rings. The second kappa shape index (κ2) is 15.3. The molecule has 0 saturated carbocycles. The first-order valence-corrected chi connectivity index (χ1v) is 20.2. The molecule has 2 aromatic heterocycles. The largest absolute Gasteiger partial charge is 0.405 e. The quantitative estimate of drug-likeness (QED) is 0.0731. The Bertz CT molecular complexity index is 2090. The molecular weight excluding hydrogens is 671 g/mol. The molecule has 0 amide bonds. The fraction of sp³-hybridized carbons (Fsp3) is 0.222. The Morgan fingerprint density at radius 3 is 1.53 bits per heavy atom. The lowest BCUT2D eigenvalue weighted by Crippen LogP contribution is -2.66. The van der Waals surface area contributed by atoms with Gasteiger partial charge in [-0.25, -0.2) is 20.4 Å². The average Bonchev–Trinajstić information content (AvgIpc) is 3.63. The van der Waals surface area contributed by atoms with Crippen LogP contribution in [-0.2, 0) is 14.7 Å². The molecule has 7 nitrogen and oxygen atoms in total. The van der Waals surface area contributed by atoms with E-state index in [2.05, 4.69) is 171 Å². The van der Waals surface area contributed by atoms with Gasteiger partial charge in [-0.15, -0.1) is 0 Å². The van der Waals surface area contributed by atoms with E-state index in [4.69, 9.17) is 24.2 Å². The molecule has 268 valence electrons. The third-order valence-electron chi connectivity index (χ3n) is 10.3. The molecule has 1 unspecified atom stereocenters. The summed E-state index contributed by atoms with van der Waals surface area (Å²) in [5, 5.41) is 2.34. The molecule has 8 heteroatoms. The molecular formula is C45H47N5O2Si. The van der Waals surface area contributed by atoms with Crippen LogP contribution in [-0.4, -0.2) is 41.6 Å². The summed E-state index contributed by atoms with van der Waals surface area (Å²) < 4.78 is 9.65. The number of hydrogen-bond acceptors (Lipinski definition) is 6. The van der Waals surface area contributed by atoms with E-state index in [9.17, 15) is 0 Å². The zero-order valence-electron chi connectivity index (χ0n) is 31.1. The number of imidazole rings is 1. The van der Waals surface area contributed by atoms with Crippen LogP contribution in [0.5, 0.6) is 0 Å². The Hall–Kier alpha value is -5.41. The minimum absolute atomic E-state index is 0.0700. The van der Waals surface area contributed by atoms with Gasteiger partial charge in [0.25, 0.3) is 8.32 Å². The monoisotopic (exact) mass is 717 g/mol. The van der Waals surface area contributed by atoms with Crippen LogP contribution in [0.15, 0.2) is 158 Å². The van der Waals surface area contributed by atoms with E-state index in [0.29, 0.717) is 29.4 Å². The van der Waals surface area contributed by atoms with E-state index in [0.717, 1.165) is 23.1 Å². The molecule has 0 bridgehead atoms. The normalized spacial score (nSPS) is 12.8. The predicted molar refractivity (Wildman–Crippen MR) is 217 cm³/mol. The molecule has 5 aromatic carbocycles. The molecule has 0 aliphatic carbocycles. The molecule has 7 rings (SSSR count). The van der Waals surface area contributed by atoms with Gasteiger partial charge in [0.05, 0.1) is 26.1 Å². The van der Waals surface area contributed by atoms with Gasteiger partial charge in [0, 0.05) is 0 Å². The third-order valence-corrected chi connectivity index (χ3v) is 15.4. The van der Waals surface area contributed by atoms with Gasteiger partial charge >= 0.3 is 0 Å². The van der Waals surface area contributed by atoms with Crippen molar-refractivity contribution in [1.29, 1.82) is 0 Å². The fourth-order valence-corrected chi connectivity index (χ4v) is 12.4. The van der Waals surface area contributed by atoms with E-state index >= 15 is 0 Å². The molecule has 0 spiro atoms. The summed E-state index contributed by atoms with van der Waals surface area (Å²) in [6, 6.07) is 53.0. The number of fused-ring (bicyclic) bond motifs is 1. The SMILES string of the molecule is CCC(CO[Si](c1ccccc1)(c1ccccc1)C(C)(C)C)n1cnc2c(NOC)nc(C(c3ccccc3)(c3ccccc3)c3ccccc3)nc21. The van der Waals surface area contributed by atoms with Crippen molar-refractivity contribution in [3.63, 3.8) is 0 Å². The van der Waals surface area contributed by atoms with Crippen LogP contribution >= 0.6 is 0 Å². The molecule has 0 saturated heterocycles. The maximum Gasteiger partial charge on any atom is 0.261 e. The highest BCUT2D eigenvalue weighted by molar-refractivity contribution is 6.99. The smallest absolute Gasteiger partial charge is 0.261 e. The Balaban J connectivity index is 1.43. The number of benzene rings is 5. The highest BCUT2D eigenvalue weighted by Crippen LogP contribution is 2.45. The molecule has 1 atom stereocenters. The van der Waals surface area contributed by atoms with Crippen LogP contribution < -0.4 is 15.9 Å². The summed E-state index contributed by atoms with van der Waals surface area (Å²) in [6.07, 6.45) is 2.68. The van der Waals surface area contributed by atoms with Gasteiger partial charge in [0.1, 0.15) is 5.41 Å². The van der Waals surface area contributed by atoms with Gasteiger partial charge in [-0.1, -0.05) is 179 Å². The topological polar surface area (TPSA) is 74.1 Å². The van der Waals surface area contributed by atoms with Crippen molar-refractivity contribution in [3.05, 3.63) is 181 Å². The van der Waals surface area contributed by atoms with Crippen molar-refractivity contribution in [1.82, 2.24) is 19.5 Å². The Morgan fingerprint density at radius 2 is 1.11 bits per heavy atom. The third kappa shape index (κ3) is 6.48. The summed E-state index contributed by atoms with van der Waals surface area (Å²) in [5.41, 5.74) is 6.68. The number of rotatable bonds is 13. The van der Waals surface area contributed by atoms with Crippen LogP contribution in [0.2, 0.25) is 5.04 Å². The minimum atomic E-state index is -2.80. The lowest BCUT2D eigenvalue weighted by Gasteiger charge is -2.43. The standard InChI is InChI=1S/C45H47N5O2Si/c1-6-37(32-52-53(44(2,3)4,38-28-18-10-19-29-38)39-30-20-11-21-31-39)50-33-46-40-41(49-51-5)47-43(48-42(40)50)45(34-22-12-7-13-23-34,35-24-14-8-15-25-35)36-26-16-9-17-27-36/h7-31,33,37H,6,32H2,1-5H3,(H,47,48,49). The van der Waals surface area contributed by atoms with Gasteiger partial charge in [-0.3, -0.25) is 4.84 Å². The number of anilines is 1. The van der Waals surface area contributed by atoms with Gasteiger partial charge < -0.3 is 8.99 Å². The van der Waals surface area contributed by atoms with Crippen molar-refractivity contribution in [2.45, 2.75) is 50.6 Å².